The van der Waals surface area contributed by atoms with Gasteiger partial charge in [0.1, 0.15) is 6.04 Å². The Morgan fingerprint density at radius 2 is 1.67 bits per heavy atom. The molecule has 0 aromatic heterocycles. The number of nitrogens with zero attached hydrogens (tertiary/aromatic N) is 3. The topological polar surface area (TPSA) is 67.9 Å². The number of halogens is 1. The van der Waals surface area contributed by atoms with Crippen LogP contribution in [0, 0.1) is 0 Å². The molecule has 6 rings (SSSR count). The average molecular weight is 642 g/mol. The molecule has 1 aliphatic carbocycles. The van der Waals surface area contributed by atoms with Gasteiger partial charge >= 0.3 is 0 Å². The predicted molar refractivity (Wildman–Crippen MR) is 187 cm³/mol. The van der Waals surface area contributed by atoms with E-state index in [1.165, 1.54) is 34.4 Å². The smallest absolute Gasteiger partial charge is 0.245 e. The van der Waals surface area contributed by atoms with Crippen molar-refractivity contribution < 1.29 is 9.59 Å². The summed E-state index contributed by atoms with van der Waals surface area (Å²) in [6.07, 6.45) is 5.10. The Labute approximate surface area is 279 Å². The van der Waals surface area contributed by atoms with Gasteiger partial charge in [-0.2, -0.15) is 0 Å². The van der Waals surface area contributed by atoms with Gasteiger partial charge in [0.25, 0.3) is 0 Å². The highest BCUT2D eigenvalue weighted by Crippen LogP contribution is 2.33. The van der Waals surface area contributed by atoms with E-state index in [-0.39, 0.29) is 17.9 Å². The van der Waals surface area contributed by atoms with Crippen molar-refractivity contribution in [1.82, 2.24) is 20.4 Å². The second-order valence-electron chi connectivity index (χ2n) is 13.0. The lowest BCUT2D eigenvalue weighted by molar-refractivity contribution is -0.136. The summed E-state index contributed by atoms with van der Waals surface area (Å²) in [6.45, 7) is 10.3. The number of benzene rings is 3. The van der Waals surface area contributed by atoms with E-state index in [1.54, 1.807) is 0 Å². The third-order valence-electron chi connectivity index (χ3n) is 10.3. The zero-order chi connectivity index (χ0) is 32.0. The number of fused-ring (bicyclic) bond motifs is 2. The maximum absolute atomic E-state index is 14.1. The molecular formula is C38H48ClN5O2. The van der Waals surface area contributed by atoms with Crippen molar-refractivity contribution in [2.45, 2.75) is 70.5 Å². The third kappa shape index (κ3) is 7.43. The van der Waals surface area contributed by atoms with Crippen LogP contribution in [0.5, 0.6) is 0 Å². The Bertz CT molecular complexity index is 1500. The second-order valence-corrected chi connectivity index (χ2v) is 13.4. The van der Waals surface area contributed by atoms with Crippen LogP contribution in [0.15, 0.2) is 66.7 Å². The van der Waals surface area contributed by atoms with E-state index < -0.39 is 6.04 Å². The predicted octanol–water partition coefficient (Wildman–Crippen LogP) is 5.19. The van der Waals surface area contributed by atoms with Gasteiger partial charge in [-0.05, 0) is 91.3 Å². The number of aryl methyl sites for hydroxylation is 1. The molecule has 7 nitrogen and oxygen atoms in total. The zero-order valence-electron chi connectivity index (χ0n) is 27.3. The average Bonchev–Trinajstić information content (AvgIpc) is 3.09. The quantitative estimate of drug-likeness (QED) is 0.319. The molecule has 0 bridgehead atoms. The van der Waals surface area contributed by atoms with Crippen molar-refractivity contribution in [3.63, 3.8) is 0 Å². The lowest BCUT2D eigenvalue weighted by Gasteiger charge is -2.40. The Kier molecular flexibility index (Phi) is 10.6. The van der Waals surface area contributed by atoms with E-state index in [2.05, 4.69) is 70.7 Å². The first-order valence-electron chi connectivity index (χ1n) is 17.2. The van der Waals surface area contributed by atoms with Crippen LogP contribution in [-0.4, -0.2) is 79.5 Å². The lowest BCUT2D eigenvalue weighted by atomic mass is 9.86. The number of hydrogen-bond acceptors (Lipinski definition) is 5. The maximum Gasteiger partial charge on any atom is 0.245 e. The van der Waals surface area contributed by atoms with Crippen molar-refractivity contribution in [1.29, 1.82) is 0 Å². The third-order valence-corrected chi connectivity index (χ3v) is 10.5. The van der Waals surface area contributed by atoms with Crippen molar-refractivity contribution in [3.8, 4) is 0 Å². The summed E-state index contributed by atoms with van der Waals surface area (Å²) >= 11 is 6.15. The molecule has 0 saturated carbocycles. The minimum Gasteiger partial charge on any atom is -0.368 e. The molecule has 1 fully saturated rings. The molecule has 1 unspecified atom stereocenters. The number of carbonyl (C=O) groups excluding carboxylic acids is 2. The molecule has 244 valence electrons. The molecule has 2 heterocycles. The highest BCUT2D eigenvalue weighted by Gasteiger charge is 2.32. The van der Waals surface area contributed by atoms with Gasteiger partial charge in [-0.25, -0.2) is 0 Å². The van der Waals surface area contributed by atoms with Crippen LogP contribution >= 0.6 is 11.6 Å². The number of piperazine rings is 1. The van der Waals surface area contributed by atoms with Crippen LogP contribution in [0.3, 0.4) is 0 Å². The molecule has 2 N–H and O–H groups in total. The van der Waals surface area contributed by atoms with Crippen molar-refractivity contribution in [2.75, 3.05) is 50.7 Å². The summed E-state index contributed by atoms with van der Waals surface area (Å²) in [5.41, 5.74) is 7.71. The van der Waals surface area contributed by atoms with E-state index in [4.69, 9.17) is 11.6 Å². The van der Waals surface area contributed by atoms with Crippen LogP contribution in [-0.2, 0) is 35.3 Å². The number of amides is 2. The Morgan fingerprint density at radius 3 is 2.43 bits per heavy atom. The SMILES string of the molecule is CCN(CC)[C@@H]1CCc2cccc(N3CCN(C(=O)[C@@H](Cc4ccc(Cl)cc4)NC(=O)CC4NCCc5ccccc54)CC3)c2C1. The number of likely N-dealkylation sites (N-methyl/N-ethyl adjacent to an activating group) is 1. The molecule has 3 atom stereocenters. The summed E-state index contributed by atoms with van der Waals surface area (Å²) in [5, 5.41) is 7.30. The van der Waals surface area contributed by atoms with E-state index in [0.29, 0.717) is 37.0 Å². The lowest BCUT2D eigenvalue weighted by Crippen LogP contribution is -2.56. The monoisotopic (exact) mass is 641 g/mol. The van der Waals surface area contributed by atoms with Gasteiger partial charge in [-0.3, -0.25) is 9.59 Å². The molecule has 0 radical (unpaired) electrons. The van der Waals surface area contributed by atoms with Gasteiger partial charge in [0.2, 0.25) is 11.8 Å². The van der Waals surface area contributed by atoms with E-state index in [9.17, 15) is 9.59 Å². The molecule has 2 aliphatic heterocycles. The fourth-order valence-electron chi connectivity index (χ4n) is 7.76. The molecule has 2 amide bonds. The summed E-state index contributed by atoms with van der Waals surface area (Å²) in [6, 6.07) is 22.5. The highest BCUT2D eigenvalue weighted by atomic mass is 35.5. The number of anilines is 1. The van der Waals surface area contributed by atoms with E-state index in [1.807, 2.05) is 35.2 Å². The maximum atomic E-state index is 14.1. The van der Waals surface area contributed by atoms with Gasteiger partial charge in [0.15, 0.2) is 0 Å². The first kappa shape index (κ1) is 32.5. The minimum atomic E-state index is -0.640. The van der Waals surface area contributed by atoms with Crippen molar-refractivity contribution in [2.24, 2.45) is 0 Å². The van der Waals surface area contributed by atoms with Crippen LogP contribution in [0.1, 0.15) is 60.5 Å². The van der Waals surface area contributed by atoms with Crippen LogP contribution in [0.2, 0.25) is 5.02 Å². The molecular weight excluding hydrogens is 594 g/mol. The number of carbonyl (C=O) groups is 2. The zero-order valence-corrected chi connectivity index (χ0v) is 28.1. The normalized spacial score (nSPS) is 20.2. The second kappa shape index (κ2) is 15.0. The van der Waals surface area contributed by atoms with E-state index in [0.717, 1.165) is 57.5 Å². The van der Waals surface area contributed by atoms with E-state index >= 15 is 0 Å². The molecule has 3 aromatic rings. The van der Waals surface area contributed by atoms with Gasteiger partial charge in [0, 0.05) is 61.8 Å². The number of hydrogen-bond donors (Lipinski definition) is 2. The largest absolute Gasteiger partial charge is 0.368 e. The Morgan fingerprint density at radius 1 is 0.935 bits per heavy atom. The first-order chi connectivity index (χ1) is 22.4. The van der Waals surface area contributed by atoms with Gasteiger partial charge in [-0.15, -0.1) is 0 Å². The fraction of sp³-hybridized carbons (Fsp3) is 0.474. The summed E-state index contributed by atoms with van der Waals surface area (Å²) in [7, 11) is 0. The molecule has 3 aliphatic rings. The molecule has 8 heteroatoms. The van der Waals surface area contributed by atoms with Gasteiger partial charge in [0.05, 0.1) is 0 Å². The summed E-state index contributed by atoms with van der Waals surface area (Å²) < 4.78 is 0. The molecule has 3 aromatic carbocycles. The Balaban J connectivity index is 1.13. The Hall–Kier alpha value is -3.39. The minimum absolute atomic E-state index is 0.0170. The first-order valence-corrected chi connectivity index (χ1v) is 17.5. The number of nitrogens with one attached hydrogen (secondary N) is 2. The number of rotatable bonds is 10. The van der Waals surface area contributed by atoms with Crippen molar-refractivity contribution >= 4 is 29.1 Å². The van der Waals surface area contributed by atoms with Crippen LogP contribution in [0.4, 0.5) is 5.69 Å². The van der Waals surface area contributed by atoms with Crippen LogP contribution in [0.25, 0.3) is 0 Å². The van der Waals surface area contributed by atoms with Crippen molar-refractivity contribution in [3.05, 3.63) is 99.6 Å². The van der Waals surface area contributed by atoms with Gasteiger partial charge < -0.3 is 25.3 Å². The summed E-state index contributed by atoms with van der Waals surface area (Å²) in [5.74, 6) is -0.129. The standard InChI is InChI=1S/C38H48ClN5O2/c1-3-42(4-2)31-17-14-28-9-7-11-36(33(28)25-31)43-20-22-44(23-21-43)38(46)35(24-27-12-15-30(39)16-13-27)41-37(45)26-34-32-10-6-5-8-29(32)18-19-40-34/h5-13,15-16,31,34-35,40H,3-4,14,17-26H2,1-2H3,(H,41,45)/t31-,34?,35-/m1/s1. The molecule has 46 heavy (non-hydrogen) atoms. The van der Waals surface area contributed by atoms with Gasteiger partial charge in [-0.1, -0.05) is 74.0 Å². The molecule has 1 saturated heterocycles. The highest BCUT2D eigenvalue weighted by molar-refractivity contribution is 6.30. The summed E-state index contributed by atoms with van der Waals surface area (Å²) in [4.78, 5) is 34.6. The van der Waals surface area contributed by atoms with Crippen LogP contribution < -0.4 is 15.5 Å². The fourth-order valence-corrected chi connectivity index (χ4v) is 7.88. The molecule has 0 spiro atoms.